The maximum Gasteiger partial charge on any atom is 0.328 e. The second kappa shape index (κ2) is 12.5. The molecule has 0 saturated heterocycles. The predicted molar refractivity (Wildman–Crippen MR) is 150 cm³/mol. The molecule has 7 nitrogen and oxygen atoms in total. The number of rotatable bonds is 6. The van der Waals surface area contributed by atoms with Crippen molar-refractivity contribution in [2.75, 3.05) is 16.8 Å². The normalized spacial score (nSPS) is 15.2. The zero-order valence-electron chi connectivity index (χ0n) is 21.6. The van der Waals surface area contributed by atoms with Gasteiger partial charge in [0.15, 0.2) is 0 Å². The lowest BCUT2D eigenvalue weighted by atomic mass is 9.93. The fourth-order valence-electron chi connectivity index (χ4n) is 4.23. The molecule has 1 aromatic heterocycles. The number of carbonyl (C=O) groups is 1. The van der Waals surface area contributed by atoms with Crippen molar-refractivity contribution in [3.63, 3.8) is 0 Å². The van der Waals surface area contributed by atoms with Crippen molar-refractivity contribution in [2.24, 2.45) is 11.7 Å². The van der Waals surface area contributed by atoms with Crippen LogP contribution in [0.5, 0.6) is 5.75 Å². The Morgan fingerprint density at radius 1 is 1.14 bits per heavy atom. The molecule has 3 N–H and O–H groups in total. The molecule has 1 aliphatic rings. The number of ether oxygens (including phenoxy) is 1. The van der Waals surface area contributed by atoms with Gasteiger partial charge in [0.05, 0.1) is 6.04 Å². The number of aryl methyl sites for hydroxylation is 1. The van der Waals surface area contributed by atoms with Gasteiger partial charge in [-0.25, -0.2) is 14.2 Å². The van der Waals surface area contributed by atoms with Crippen LogP contribution < -0.4 is 20.7 Å². The fraction of sp³-hybridized carbons (Fsp3) is 0.370. The van der Waals surface area contributed by atoms with E-state index in [1.807, 2.05) is 45.9 Å². The van der Waals surface area contributed by atoms with Gasteiger partial charge in [0.25, 0.3) is 0 Å². The summed E-state index contributed by atoms with van der Waals surface area (Å²) in [6.07, 6.45) is 0.782. The molecule has 0 radical (unpaired) electrons. The Balaban J connectivity index is 0.00000241. The lowest BCUT2D eigenvalue weighted by Gasteiger charge is -2.37. The third kappa shape index (κ3) is 6.69. The minimum Gasteiger partial charge on any atom is -0.425 e. The van der Waals surface area contributed by atoms with Gasteiger partial charge in [-0.05, 0) is 80.6 Å². The highest BCUT2D eigenvalue weighted by molar-refractivity contribution is 5.85. The Kier molecular flexibility index (Phi) is 10.3. The van der Waals surface area contributed by atoms with Crippen LogP contribution >= 0.6 is 24.8 Å². The smallest absolute Gasteiger partial charge is 0.328 e. The minimum atomic E-state index is -0.651. The zero-order valence-corrected chi connectivity index (χ0v) is 23.3. The molecule has 0 aliphatic carbocycles. The van der Waals surface area contributed by atoms with E-state index in [0.717, 1.165) is 46.9 Å². The Labute approximate surface area is 229 Å². The van der Waals surface area contributed by atoms with Crippen molar-refractivity contribution in [1.29, 1.82) is 0 Å². The number of nitrogens with zero attached hydrogens (tertiary/aromatic N) is 3. The van der Waals surface area contributed by atoms with Gasteiger partial charge in [-0.1, -0.05) is 19.9 Å². The first-order valence-corrected chi connectivity index (χ1v) is 11.9. The van der Waals surface area contributed by atoms with E-state index in [1.54, 1.807) is 12.1 Å². The molecule has 3 aromatic rings. The van der Waals surface area contributed by atoms with Gasteiger partial charge < -0.3 is 20.7 Å². The highest BCUT2D eigenvalue weighted by atomic mass is 35.5. The quantitative estimate of drug-likeness (QED) is 0.295. The van der Waals surface area contributed by atoms with E-state index in [9.17, 15) is 9.18 Å². The SMILES string of the molecule is Cc1nc(Nc2ccc(F)cc2)nc(N2CCc3cc(OC(=O)[C@@H](N)C(C)C)ccc3C2C)c1C.Cl.Cl. The van der Waals surface area contributed by atoms with Gasteiger partial charge in [0, 0.05) is 23.5 Å². The summed E-state index contributed by atoms with van der Waals surface area (Å²) in [5, 5.41) is 3.18. The summed E-state index contributed by atoms with van der Waals surface area (Å²) in [7, 11) is 0. The number of hydrogen-bond donors (Lipinski definition) is 2. The third-order valence-corrected chi connectivity index (χ3v) is 6.60. The molecule has 0 fully saturated rings. The molecule has 1 unspecified atom stereocenters. The summed E-state index contributed by atoms with van der Waals surface area (Å²) in [5.41, 5.74) is 10.8. The number of hydrogen-bond acceptors (Lipinski definition) is 7. The van der Waals surface area contributed by atoms with Crippen LogP contribution in [-0.2, 0) is 11.2 Å². The van der Waals surface area contributed by atoms with Crippen molar-refractivity contribution in [3.05, 3.63) is 70.7 Å². The number of nitrogens with two attached hydrogens (primary N) is 1. The zero-order chi connectivity index (χ0) is 25.3. The van der Waals surface area contributed by atoms with Gasteiger partial charge in [-0.3, -0.25) is 0 Å². The lowest BCUT2D eigenvalue weighted by molar-refractivity contribution is -0.136. The average molecular weight is 551 g/mol. The van der Waals surface area contributed by atoms with Gasteiger partial charge in [-0.2, -0.15) is 4.98 Å². The Bertz CT molecular complexity index is 1240. The molecule has 37 heavy (non-hydrogen) atoms. The third-order valence-electron chi connectivity index (χ3n) is 6.60. The molecule has 0 amide bonds. The highest BCUT2D eigenvalue weighted by Gasteiger charge is 2.28. The topological polar surface area (TPSA) is 93.4 Å². The first-order chi connectivity index (χ1) is 16.6. The second-order valence-electron chi connectivity index (χ2n) is 9.38. The molecule has 2 atom stereocenters. The van der Waals surface area contributed by atoms with Crippen LogP contribution in [0.2, 0.25) is 0 Å². The molecular weight excluding hydrogens is 516 g/mol. The number of halogens is 3. The molecule has 1 aliphatic heterocycles. The van der Waals surface area contributed by atoms with Gasteiger partial charge in [0.1, 0.15) is 23.4 Å². The number of fused-ring (bicyclic) bond motifs is 1. The summed E-state index contributed by atoms with van der Waals surface area (Å²) in [6, 6.07) is 11.3. The molecule has 0 bridgehead atoms. The van der Waals surface area contributed by atoms with E-state index in [4.69, 9.17) is 15.5 Å². The van der Waals surface area contributed by atoms with Crippen molar-refractivity contribution >= 4 is 48.2 Å². The van der Waals surface area contributed by atoms with Gasteiger partial charge in [-0.15, -0.1) is 24.8 Å². The number of esters is 1. The van der Waals surface area contributed by atoms with E-state index in [0.29, 0.717) is 11.7 Å². The van der Waals surface area contributed by atoms with Gasteiger partial charge >= 0.3 is 5.97 Å². The van der Waals surface area contributed by atoms with Crippen molar-refractivity contribution in [1.82, 2.24) is 9.97 Å². The summed E-state index contributed by atoms with van der Waals surface area (Å²) >= 11 is 0. The molecule has 10 heteroatoms. The van der Waals surface area contributed by atoms with Crippen LogP contribution in [0.15, 0.2) is 42.5 Å². The Morgan fingerprint density at radius 2 is 1.81 bits per heavy atom. The molecule has 0 spiro atoms. The van der Waals surface area contributed by atoms with Crippen LogP contribution in [0.25, 0.3) is 0 Å². The summed E-state index contributed by atoms with van der Waals surface area (Å²) < 4.78 is 18.8. The highest BCUT2D eigenvalue weighted by Crippen LogP contribution is 2.36. The van der Waals surface area contributed by atoms with E-state index in [1.165, 1.54) is 12.1 Å². The largest absolute Gasteiger partial charge is 0.425 e. The fourth-order valence-corrected chi connectivity index (χ4v) is 4.23. The van der Waals surface area contributed by atoms with E-state index >= 15 is 0 Å². The predicted octanol–water partition coefficient (Wildman–Crippen LogP) is 5.83. The van der Waals surface area contributed by atoms with Crippen LogP contribution in [0.4, 0.5) is 21.8 Å². The van der Waals surface area contributed by atoms with Crippen LogP contribution in [-0.4, -0.2) is 28.5 Å². The first-order valence-electron chi connectivity index (χ1n) is 11.9. The monoisotopic (exact) mass is 549 g/mol. The molecule has 4 rings (SSSR count). The number of carbonyl (C=O) groups excluding carboxylic acids is 1. The molecular formula is C27H34Cl2FN5O2. The number of nitrogens with one attached hydrogen (secondary N) is 1. The Hall–Kier alpha value is -2.94. The number of benzene rings is 2. The molecule has 200 valence electrons. The van der Waals surface area contributed by atoms with Crippen LogP contribution in [0, 0.1) is 25.6 Å². The first kappa shape index (κ1) is 30.3. The van der Waals surface area contributed by atoms with E-state index < -0.39 is 12.0 Å². The summed E-state index contributed by atoms with van der Waals surface area (Å²) in [6.45, 7) is 10.7. The molecule has 2 aromatic carbocycles. The average Bonchev–Trinajstić information content (AvgIpc) is 2.82. The molecule has 2 heterocycles. The number of anilines is 3. The second-order valence-corrected chi connectivity index (χ2v) is 9.38. The van der Waals surface area contributed by atoms with Crippen LogP contribution in [0.3, 0.4) is 0 Å². The van der Waals surface area contributed by atoms with Crippen molar-refractivity contribution < 1.29 is 13.9 Å². The molecule has 0 saturated carbocycles. The van der Waals surface area contributed by atoms with E-state index in [-0.39, 0.29) is 42.6 Å². The van der Waals surface area contributed by atoms with Crippen molar-refractivity contribution in [2.45, 2.75) is 53.1 Å². The summed E-state index contributed by atoms with van der Waals surface area (Å²) in [4.78, 5) is 23.9. The van der Waals surface area contributed by atoms with Crippen molar-refractivity contribution in [3.8, 4) is 5.75 Å². The maximum absolute atomic E-state index is 13.3. The van der Waals surface area contributed by atoms with E-state index in [2.05, 4.69) is 22.1 Å². The Morgan fingerprint density at radius 3 is 2.46 bits per heavy atom. The lowest BCUT2D eigenvalue weighted by Crippen LogP contribution is -2.38. The number of aromatic nitrogens is 2. The standard InChI is InChI=1S/C27H32FN5O2.2ClH/c1-15(2)24(29)26(34)35-22-10-11-23-18(5)33(13-12-19(23)14-22)25-16(3)17(4)30-27(32-25)31-21-8-6-20(28)7-9-21;;/h6-11,14-15,18,24H,12-13,29H2,1-5H3,(H,30,31,32);2*1H/t18?,24-;;/m0../s1. The summed E-state index contributed by atoms with van der Waals surface area (Å²) in [5.74, 6) is 1.15. The minimum absolute atomic E-state index is 0. The van der Waals surface area contributed by atoms with Gasteiger partial charge in [0.2, 0.25) is 5.95 Å². The van der Waals surface area contributed by atoms with Crippen LogP contribution in [0.1, 0.15) is 49.2 Å². The maximum atomic E-state index is 13.3.